The highest BCUT2D eigenvalue weighted by molar-refractivity contribution is 7.80. The van der Waals surface area contributed by atoms with Crippen molar-refractivity contribution < 1.29 is 29.4 Å². The Hall–Kier alpha value is -3.09. The van der Waals surface area contributed by atoms with Crippen LogP contribution in [0.3, 0.4) is 0 Å². The highest BCUT2D eigenvalue weighted by Gasteiger charge is 2.29. The van der Waals surface area contributed by atoms with Crippen LogP contribution in [-0.2, 0) is 25.6 Å². The Morgan fingerprint density at radius 2 is 1.62 bits per heavy atom. The maximum absolute atomic E-state index is 12.6. The number of carbonyl (C=O) groups is 4. The smallest absolute Gasteiger partial charge is 0.326 e. The lowest BCUT2D eigenvalue weighted by atomic mass is 10.0. The highest BCUT2D eigenvalue weighted by Crippen LogP contribution is 2.19. The van der Waals surface area contributed by atoms with Gasteiger partial charge in [-0.15, -0.1) is 0 Å². The van der Waals surface area contributed by atoms with Crippen LogP contribution in [0.15, 0.2) is 30.5 Å². The number of aromatic amines is 1. The molecule has 3 amide bonds. The van der Waals surface area contributed by atoms with E-state index >= 15 is 0 Å². The van der Waals surface area contributed by atoms with Crippen LogP contribution in [-0.4, -0.2) is 75.4 Å². The largest absolute Gasteiger partial charge is 0.480 e. The first-order chi connectivity index (χ1) is 15.2. The zero-order chi connectivity index (χ0) is 23.8. The highest BCUT2D eigenvalue weighted by atomic mass is 32.1. The van der Waals surface area contributed by atoms with Gasteiger partial charge in [0, 0.05) is 29.3 Å². The minimum Gasteiger partial charge on any atom is -0.480 e. The summed E-state index contributed by atoms with van der Waals surface area (Å²) in [6.45, 7) is 0.689. The zero-order valence-corrected chi connectivity index (χ0v) is 18.3. The molecule has 0 radical (unpaired) electrons. The number of aliphatic carboxylic acids is 1. The van der Waals surface area contributed by atoms with E-state index in [-0.39, 0.29) is 12.2 Å². The van der Waals surface area contributed by atoms with Crippen molar-refractivity contribution in [1.82, 2.24) is 20.9 Å². The molecule has 0 spiro atoms. The fraction of sp³-hybridized carbons (Fsp3) is 0.400. The lowest BCUT2D eigenvalue weighted by molar-refractivity contribution is -0.142. The van der Waals surface area contributed by atoms with E-state index in [4.69, 9.17) is 5.73 Å². The third kappa shape index (κ3) is 6.45. The number of carboxylic acids is 1. The fourth-order valence-corrected chi connectivity index (χ4v) is 3.21. The topological polar surface area (TPSA) is 187 Å². The first-order valence-electron chi connectivity index (χ1n) is 9.84. The van der Waals surface area contributed by atoms with Crippen molar-refractivity contribution in [2.45, 2.75) is 37.5 Å². The number of hydrogen-bond acceptors (Lipinski definition) is 7. The second-order valence-corrected chi connectivity index (χ2v) is 7.60. The van der Waals surface area contributed by atoms with Gasteiger partial charge in [0.1, 0.15) is 18.1 Å². The number of carboxylic acid groups (broad SMARTS) is 1. The summed E-state index contributed by atoms with van der Waals surface area (Å²) in [5, 5.41) is 26.8. The van der Waals surface area contributed by atoms with Crippen molar-refractivity contribution in [1.29, 1.82) is 0 Å². The predicted molar refractivity (Wildman–Crippen MR) is 120 cm³/mol. The molecule has 0 saturated heterocycles. The van der Waals surface area contributed by atoms with E-state index in [9.17, 15) is 29.4 Å². The normalized spacial score (nSPS) is 14.8. The molecule has 4 atom stereocenters. The molecule has 8 N–H and O–H groups in total. The number of nitrogens with one attached hydrogen (secondary N) is 4. The van der Waals surface area contributed by atoms with Gasteiger partial charge >= 0.3 is 5.97 Å². The minimum atomic E-state index is -1.33. The van der Waals surface area contributed by atoms with Crippen molar-refractivity contribution >= 4 is 47.2 Å². The zero-order valence-electron chi connectivity index (χ0n) is 17.4. The number of carbonyl (C=O) groups excluding carboxylic acids is 3. The second kappa shape index (κ2) is 11.5. The van der Waals surface area contributed by atoms with E-state index in [2.05, 4.69) is 33.6 Å². The van der Waals surface area contributed by atoms with E-state index in [1.165, 1.54) is 6.92 Å². The molecule has 0 aliphatic heterocycles. The van der Waals surface area contributed by atoms with Crippen LogP contribution >= 0.6 is 12.6 Å². The molecule has 2 rings (SSSR count). The molecule has 0 fully saturated rings. The predicted octanol–water partition coefficient (Wildman–Crippen LogP) is -1.48. The van der Waals surface area contributed by atoms with Gasteiger partial charge in [-0.3, -0.25) is 14.4 Å². The Morgan fingerprint density at radius 3 is 2.22 bits per heavy atom. The Bertz CT molecular complexity index is 978. The first-order valence-corrected chi connectivity index (χ1v) is 10.5. The van der Waals surface area contributed by atoms with Gasteiger partial charge < -0.3 is 36.9 Å². The summed E-state index contributed by atoms with van der Waals surface area (Å²) < 4.78 is 0. The molecular formula is C20H27N5O6S. The molecule has 2 aromatic rings. The molecule has 0 bridgehead atoms. The van der Waals surface area contributed by atoms with Gasteiger partial charge in [-0.25, -0.2) is 4.79 Å². The van der Waals surface area contributed by atoms with E-state index in [1.807, 2.05) is 24.3 Å². The molecule has 0 saturated carbocycles. The summed E-state index contributed by atoms with van der Waals surface area (Å²) in [5.74, 6) is -3.65. The van der Waals surface area contributed by atoms with Crippen molar-refractivity contribution in [3.8, 4) is 0 Å². The molecule has 0 aliphatic rings. The van der Waals surface area contributed by atoms with Crippen molar-refractivity contribution in [3.63, 3.8) is 0 Å². The number of fused-ring (bicyclic) bond motifs is 1. The number of hydrogen-bond donors (Lipinski definition) is 8. The summed E-state index contributed by atoms with van der Waals surface area (Å²) in [4.78, 5) is 51.5. The van der Waals surface area contributed by atoms with Crippen molar-refractivity contribution in [2.75, 3.05) is 12.4 Å². The van der Waals surface area contributed by atoms with Crippen molar-refractivity contribution in [2.24, 2.45) is 5.73 Å². The van der Waals surface area contributed by atoms with E-state index < -0.39 is 54.5 Å². The van der Waals surface area contributed by atoms with Gasteiger partial charge in [-0.05, 0) is 18.6 Å². The molecule has 4 unspecified atom stereocenters. The summed E-state index contributed by atoms with van der Waals surface area (Å²) in [6, 6.07) is 2.67. The van der Waals surface area contributed by atoms with Gasteiger partial charge in [-0.1, -0.05) is 18.2 Å². The lowest BCUT2D eigenvalue weighted by Crippen LogP contribution is -2.58. The monoisotopic (exact) mass is 465 g/mol. The van der Waals surface area contributed by atoms with Gasteiger partial charge in [0.05, 0.1) is 12.6 Å². The second-order valence-electron chi connectivity index (χ2n) is 7.24. The summed E-state index contributed by atoms with van der Waals surface area (Å²) in [6.07, 6.45) is 1.69. The molecule has 32 heavy (non-hydrogen) atoms. The number of thiol groups is 1. The van der Waals surface area contributed by atoms with Crippen LogP contribution in [0.25, 0.3) is 10.9 Å². The average Bonchev–Trinajstić information content (AvgIpc) is 3.17. The molecule has 0 aliphatic carbocycles. The SMILES string of the molecule is CC(N)C(=O)NC(CO)C(=O)NC(CS)C(=O)NC(Cc1c[nH]c2ccccc12)C(=O)O. The van der Waals surface area contributed by atoms with E-state index in [0.717, 1.165) is 10.9 Å². The third-order valence-corrected chi connectivity index (χ3v) is 5.12. The number of benzene rings is 1. The van der Waals surface area contributed by atoms with E-state index in [0.29, 0.717) is 5.56 Å². The molecule has 1 aromatic heterocycles. The number of H-pyrrole nitrogens is 1. The quantitative estimate of drug-likeness (QED) is 0.186. The number of aliphatic hydroxyl groups excluding tert-OH is 1. The van der Waals surface area contributed by atoms with Gasteiger partial charge in [0.25, 0.3) is 0 Å². The van der Waals surface area contributed by atoms with Gasteiger partial charge in [0.15, 0.2) is 0 Å². The Kier molecular flexibility index (Phi) is 9.05. The summed E-state index contributed by atoms with van der Waals surface area (Å²) in [5.41, 5.74) is 6.97. The lowest BCUT2D eigenvalue weighted by Gasteiger charge is -2.23. The molecule has 1 heterocycles. The van der Waals surface area contributed by atoms with Crippen LogP contribution < -0.4 is 21.7 Å². The number of rotatable bonds is 11. The van der Waals surface area contributed by atoms with Crippen LogP contribution in [0, 0.1) is 0 Å². The fourth-order valence-electron chi connectivity index (χ4n) is 2.96. The standard InChI is InChI=1S/C20H27N5O6S/c1-10(21)17(27)24-15(8-26)18(28)25-16(9-32)19(29)23-14(20(30)31)6-11-7-22-13-5-3-2-4-12(11)13/h2-5,7,10,14-16,22,26,32H,6,8-9,21H2,1H3,(H,23,29)(H,24,27)(H,25,28)(H,30,31). The average molecular weight is 466 g/mol. The van der Waals surface area contributed by atoms with Crippen molar-refractivity contribution in [3.05, 3.63) is 36.0 Å². The van der Waals surface area contributed by atoms with Crippen LogP contribution in [0.2, 0.25) is 0 Å². The Balaban J connectivity index is 2.06. The van der Waals surface area contributed by atoms with Gasteiger partial charge in [-0.2, -0.15) is 12.6 Å². The molecule has 1 aromatic carbocycles. The van der Waals surface area contributed by atoms with Crippen LogP contribution in [0.4, 0.5) is 0 Å². The minimum absolute atomic E-state index is 0.0159. The van der Waals surface area contributed by atoms with E-state index in [1.54, 1.807) is 6.20 Å². The molecule has 12 heteroatoms. The maximum Gasteiger partial charge on any atom is 0.326 e. The van der Waals surface area contributed by atoms with Gasteiger partial charge in [0.2, 0.25) is 17.7 Å². The molecule has 174 valence electrons. The molecule has 11 nitrogen and oxygen atoms in total. The Labute approximate surface area is 189 Å². The first kappa shape index (κ1) is 25.2. The third-order valence-electron chi connectivity index (χ3n) is 4.76. The molecular weight excluding hydrogens is 438 g/mol. The number of nitrogens with two attached hydrogens (primary N) is 1. The Morgan fingerprint density at radius 1 is 1.03 bits per heavy atom. The summed E-state index contributed by atoms with van der Waals surface area (Å²) >= 11 is 4.04. The summed E-state index contributed by atoms with van der Waals surface area (Å²) in [7, 11) is 0. The number of amides is 3. The van der Waals surface area contributed by atoms with Crippen LogP contribution in [0.1, 0.15) is 12.5 Å². The number of aliphatic hydroxyl groups is 1. The number of para-hydroxylation sites is 1. The maximum atomic E-state index is 12.6. The van der Waals surface area contributed by atoms with Crippen LogP contribution in [0.5, 0.6) is 0 Å². The number of aromatic nitrogens is 1.